The molecule has 1 aliphatic heterocycles. The summed E-state index contributed by atoms with van der Waals surface area (Å²) in [7, 11) is 0. The first-order chi connectivity index (χ1) is 20.4. The average Bonchev–Trinajstić information content (AvgIpc) is 2.92. The van der Waals surface area contributed by atoms with Gasteiger partial charge >= 0.3 is 0 Å². The number of phenols is 2. The number of benzene rings is 1. The standard InChI is InChI=1S/C36H46O9/c1-14(2)19(21-17(37)13-18(38)34(7,8)30(21)42)22-27(40)23-20(15(3)4)24-31(43)35(9,10)33(44)36(11,12)32(24)45-29(23)25(28(22)41)26(39)16(5)6/h14-16,19-21,40-41H,13H2,1-12H3. The molecule has 4 rings (SSSR count). The van der Waals surface area contributed by atoms with E-state index in [9.17, 15) is 39.0 Å². The van der Waals surface area contributed by atoms with Crippen LogP contribution in [-0.4, -0.2) is 44.9 Å². The lowest BCUT2D eigenvalue weighted by Gasteiger charge is -2.46. The van der Waals surface area contributed by atoms with Gasteiger partial charge in [-0.1, -0.05) is 41.5 Å². The van der Waals surface area contributed by atoms with Gasteiger partial charge in [-0.25, -0.2) is 0 Å². The molecule has 2 aliphatic carbocycles. The van der Waals surface area contributed by atoms with Crippen LogP contribution in [0.3, 0.4) is 0 Å². The molecule has 2 N–H and O–H groups in total. The van der Waals surface area contributed by atoms with Crippen molar-refractivity contribution in [2.24, 2.45) is 39.9 Å². The predicted octanol–water partition coefficient (Wildman–Crippen LogP) is 6.02. The Labute approximate surface area is 264 Å². The summed E-state index contributed by atoms with van der Waals surface area (Å²) in [5, 5.41) is 24.2. The number of allylic oxidation sites excluding steroid dienone is 2. The van der Waals surface area contributed by atoms with Gasteiger partial charge in [0.2, 0.25) is 0 Å². The molecule has 0 spiro atoms. The lowest BCUT2D eigenvalue weighted by atomic mass is 9.58. The van der Waals surface area contributed by atoms with Gasteiger partial charge in [0.05, 0.1) is 28.6 Å². The number of carbonyl (C=O) groups is 6. The summed E-state index contributed by atoms with van der Waals surface area (Å²) in [5.41, 5.74) is -4.27. The molecule has 3 unspecified atom stereocenters. The molecular weight excluding hydrogens is 576 g/mol. The number of ether oxygens (including phenoxy) is 1. The fourth-order valence-corrected chi connectivity index (χ4v) is 7.52. The minimum absolute atomic E-state index is 0.0747. The van der Waals surface area contributed by atoms with Gasteiger partial charge in [0.1, 0.15) is 28.6 Å². The molecule has 1 aromatic rings. The summed E-state index contributed by atoms with van der Waals surface area (Å²) in [6, 6.07) is 0. The molecule has 3 atom stereocenters. The summed E-state index contributed by atoms with van der Waals surface area (Å²) in [6.07, 6.45) is -0.475. The number of phenolic OH excluding ortho intramolecular Hbond substituents is 2. The maximum atomic E-state index is 14.1. The van der Waals surface area contributed by atoms with Crippen molar-refractivity contribution in [1.29, 1.82) is 0 Å². The van der Waals surface area contributed by atoms with Crippen molar-refractivity contribution in [1.82, 2.24) is 0 Å². The van der Waals surface area contributed by atoms with E-state index in [1.807, 2.05) is 13.8 Å². The Morgan fingerprint density at radius 2 is 1.36 bits per heavy atom. The quantitative estimate of drug-likeness (QED) is 0.286. The van der Waals surface area contributed by atoms with E-state index in [2.05, 4.69) is 0 Å². The van der Waals surface area contributed by atoms with Crippen LogP contribution in [0.15, 0.2) is 11.3 Å². The van der Waals surface area contributed by atoms with Crippen molar-refractivity contribution in [3.8, 4) is 17.2 Å². The summed E-state index contributed by atoms with van der Waals surface area (Å²) < 4.78 is 6.38. The van der Waals surface area contributed by atoms with E-state index in [-0.39, 0.29) is 45.5 Å². The molecule has 9 heteroatoms. The molecule has 9 nitrogen and oxygen atoms in total. The van der Waals surface area contributed by atoms with Crippen LogP contribution in [0.2, 0.25) is 0 Å². The molecule has 1 saturated carbocycles. The van der Waals surface area contributed by atoms with Crippen LogP contribution in [0.5, 0.6) is 17.2 Å². The molecule has 1 fully saturated rings. The molecule has 45 heavy (non-hydrogen) atoms. The van der Waals surface area contributed by atoms with E-state index in [1.165, 1.54) is 13.8 Å². The first-order valence-electron chi connectivity index (χ1n) is 15.7. The molecule has 1 heterocycles. The van der Waals surface area contributed by atoms with Gasteiger partial charge in [-0.15, -0.1) is 0 Å². The minimum Gasteiger partial charge on any atom is -0.507 e. The van der Waals surface area contributed by atoms with Gasteiger partial charge in [-0.05, 0) is 53.4 Å². The summed E-state index contributed by atoms with van der Waals surface area (Å²) in [5.74, 6) is -9.16. The SMILES string of the molecule is CC(C)C(=O)c1c(O)c(C(C(C)C)C2C(=O)CC(=O)C(C)(C)C2=O)c(O)c2c1OC1=C(C(=O)C(C)(C)C(=O)C1(C)C)C2C(C)C. The first-order valence-corrected chi connectivity index (χ1v) is 15.7. The van der Waals surface area contributed by atoms with E-state index >= 15 is 0 Å². The van der Waals surface area contributed by atoms with Gasteiger partial charge in [0.25, 0.3) is 0 Å². The second kappa shape index (κ2) is 10.7. The molecular formula is C36H46O9. The molecule has 3 aliphatic rings. The number of carbonyl (C=O) groups excluding carboxylic acids is 6. The van der Waals surface area contributed by atoms with Crippen LogP contribution in [0.4, 0.5) is 0 Å². The molecule has 0 bridgehead atoms. The third-order valence-electron chi connectivity index (χ3n) is 10.2. The van der Waals surface area contributed by atoms with Crippen molar-refractivity contribution in [2.75, 3.05) is 0 Å². The largest absolute Gasteiger partial charge is 0.507 e. The highest BCUT2D eigenvalue weighted by atomic mass is 16.5. The van der Waals surface area contributed by atoms with Crippen molar-refractivity contribution in [3.63, 3.8) is 0 Å². The summed E-state index contributed by atoms with van der Waals surface area (Å²) in [6.45, 7) is 19.8. The van der Waals surface area contributed by atoms with Gasteiger partial charge in [0, 0.05) is 34.5 Å². The maximum Gasteiger partial charge on any atom is 0.175 e. The molecule has 0 radical (unpaired) electrons. The Bertz CT molecular complexity index is 1600. The fraction of sp³-hybridized carbons (Fsp3) is 0.611. The summed E-state index contributed by atoms with van der Waals surface area (Å²) >= 11 is 0. The number of hydrogen-bond donors (Lipinski definition) is 2. The highest BCUT2D eigenvalue weighted by Gasteiger charge is 2.59. The third-order valence-corrected chi connectivity index (χ3v) is 10.2. The lowest BCUT2D eigenvalue weighted by Crippen LogP contribution is -2.52. The molecule has 0 amide bonds. The molecule has 0 aromatic heterocycles. The van der Waals surface area contributed by atoms with E-state index < -0.39 is 92.7 Å². The normalized spacial score (nSPS) is 24.6. The fourth-order valence-electron chi connectivity index (χ4n) is 7.52. The molecule has 244 valence electrons. The number of fused-ring (bicyclic) bond motifs is 1. The number of Topliss-reactive ketones (excluding diaryl/α,β-unsaturated/α-hetero) is 6. The highest BCUT2D eigenvalue weighted by Crippen LogP contribution is 2.61. The Kier molecular flexibility index (Phi) is 8.17. The van der Waals surface area contributed by atoms with Crippen LogP contribution < -0.4 is 4.74 Å². The topological polar surface area (TPSA) is 152 Å². The Morgan fingerprint density at radius 3 is 1.84 bits per heavy atom. The Morgan fingerprint density at radius 1 is 0.800 bits per heavy atom. The van der Waals surface area contributed by atoms with Gasteiger partial charge in [0.15, 0.2) is 34.7 Å². The van der Waals surface area contributed by atoms with Gasteiger partial charge < -0.3 is 14.9 Å². The van der Waals surface area contributed by atoms with Gasteiger partial charge in [-0.3, -0.25) is 28.8 Å². The van der Waals surface area contributed by atoms with Crippen molar-refractivity contribution in [3.05, 3.63) is 28.0 Å². The van der Waals surface area contributed by atoms with Crippen LogP contribution in [0.1, 0.15) is 123 Å². The zero-order valence-corrected chi connectivity index (χ0v) is 28.4. The third kappa shape index (κ3) is 4.71. The van der Waals surface area contributed by atoms with Crippen LogP contribution in [0.25, 0.3) is 0 Å². The first kappa shape index (κ1) is 34.3. The second-order valence-corrected chi connectivity index (χ2v) is 15.5. The Hall–Kier alpha value is -3.62. The van der Waals surface area contributed by atoms with Crippen molar-refractivity contribution < 1.29 is 43.7 Å². The monoisotopic (exact) mass is 622 g/mol. The van der Waals surface area contributed by atoms with E-state index in [4.69, 9.17) is 4.74 Å². The smallest absolute Gasteiger partial charge is 0.175 e. The number of rotatable bonds is 6. The van der Waals surface area contributed by atoms with Crippen molar-refractivity contribution in [2.45, 2.75) is 101 Å². The predicted molar refractivity (Wildman–Crippen MR) is 166 cm³/mol. The Balaban J connectivity index is 2.17. The molecule has 1 aromatic carbocycles. The molecule has 0 saturated heterocycles. The second-order valence-electron chi connectivity index (χ2n) is 15.5. The van der Waals surface area contributed by atoms with Crippen molar-refractivity contribution >= 4 is 34.7 Å². The minimum atomic E-state index is -1.47. The number of aromatic hydroxyl groups is 2. The summed E-state index contributed by atoms with van der Waals surface area (Å²) in [4.78, 5) is 81.6. The van der Waals surface area contributed by atoms with Gasteiger partial charge in [-0.2, -0.15) is 0 Å². The van der Waals surface area contributed by atoms with E-state index in [0.29, 0.717) is 0 Å². The zero-order valence-electron chi connectivity index (χ0n) is 28.4. The average molecular weight is 623 g/mol. The van der Waals surface area contributed by atoms with E-state index in [0.717, 1.165) is 0 Å². The highest BCUT2D eigenvalue weighted by molar-refractivity contribution is 6.25. The zero-order chi connectivity index (χ0) is 34.5. The van der Waals surface area contributed by atoms with Crippen LogP contribution >= 0.6 is 0 Å². The maximum absolute atomic E-state index is 14.1. The van der Waals surface area contributed by atoms with Crippen LogP contribution in [-0.2, 0) is 24.0 Å². The lowest BCUT2D eigenvalue weighted by molar-refractivity contribution is -0.152. The number of hydrogen-bond acceptors (Lipinski definition) is 9. The number of ketones is 6. The van der Waals surface area contributed by atoms with E-state index in [1.54, 1.807) is 55.4 Å². The van der Waals surface area contributed by atoms with Crippen LogP contribution in [0, 0.1) is 39.9 Å².